The van der Waals surface area contributed by atoms with E-state index in [-0.39, 0.29) is 29.6 Å². The summed E-state index contributed by atoms with van der Waals surface area (Å²) < 4.78 is 0. The van der Waals surface area contributed by atoms with E-state index in [0.717, 1.165) is 25.9 Å². The van der Waals surface area contributed by atoms with Gasteiger partial charge in [0, 0.05) is 42.2 Å². The SMILES string of the molecule is CCNCC1CCN(C(=O)c2cc(=O)[nH]c3ccc([N+](=O)[O-])cc23)CC1.Cl. The molecule has 8 nitrogen and oxygen atoms in total. The molecule has 0 unspecified atom stereocenters. The number of likely N-dealkylation sites (tertiary alicyclic amines) is 1. The van der Waals surface area contributed by atoms with Crippen LogP contribution in [0.15, 0.2) is 29.1 Å². The lowest BCUT2D eigenvalue weighted by Crippen LogP contribution is -2.41. The van der Waals surface area contributed by atoms with Crippen molar-refractivity contribution in [1.82, 2.24) is 15.2 Å². The van der Waals surface area contributed by atoms with Gasteiger partial charge in [-0.1, -0.05) is 6.92 Å². The lowest BCUT2D eigenvalue weighted by molar-refractivity contribution is -0.384. The summed E-state index contributed by atoms with van der Waals surface area (Å²) >= 11 is 0. The zero-order valence-electron chi connectivity index (χ0n) is 15.1. The van der Waals surface area contributed by atoms with E-state index in [1.54, 1.807) is 4.90 Å². The molecular formula is C18H23ClN4O4. The van der Waals surface area contributed by atoms with Gasteiger partial charge in [0.15, 0.2) is 0 Å². The second-order valence-corrected chi connectivity index (χ2v) is 6.58. The van der Waals surface area contributed by atoms with Gasteiger partial charge >= 0.3 is 0 Å². The van der Waals surface area contributed by atoms with Gasteiger partial charge in [0.05, 0.1) is 10.5 Å². The number of H-pyrrole nitrogens is 1. The highest BCUT2D eigenvalue weighted by molar-refractivity contribution is 6.06. The predicted octanol–water partition coefficient (Wildman–Crippen LogP) is 2.32. The fourth-order valence-corrected chi connectivity index (χ4v) is 3.39. The van der Waals surface area contributed by atoms with Crippen molar-refractivity contribution in [1.29, 1.82) is 0 Å². The molecule has 1 amide bonds. The van der Waals surface area contributed by atoms with E-state index in [4.69, 9.17) is 0 Å². The Balaban J connectivity index is 0.00000261. The average molecular weight is 395 g/mol. The number of pyridine rings is 1. The molecule has 0 spiro atoms. The molecule has 1 fully saturated rings. The zero-order chi connectivity index (χ0) is 18.7. The number of carbonyl (C=O) groups excluding carboxylic acids is 1. The van der Waals surface area contributed by atoms with Crippen LogP contribution in [-0.2, 0) is 0 Å². The lowest BCUT2D eigenvalue weighted by Gasteiger charge is -2.32. The highest BCUT2D eigenvalue weighted by Gasteiger charge is 2.25. The van der Waals surface area contributed by atoms with Crippen molar-refractivity contribution in [2.75, 3.05) is 26.2 Å². The molecule has 1 saturated heterocycles. The van der Waals surface area contributed by atoms with Crippen LogP contribution >= 0.6 is 12.4 Å². The molecule has 2 aromatic rings. The number of nitro benzene ring substituents is 1. The minimum atomic E-state index is -0.509. The molecule has 1 aliphatic heterocycles. The van der Waals surface area contributed by atoms with Crippen LogP contribution < -0.4 is 10.9 Å². The third-order valence-electron chi connectivity index (χ3n) is 4.85. The van der Waals surface area contributed by atoms with Crippen molar-refractivity contribution in [2.24, 2.45) is 5.92 Å². The van der Waals surface area contributed by atoms with Crippen molar-refractivity contribution in [2.45, 2.75) is 19.8 Å². The van der Waals surface area contributed by atoms with Gasteiger partial charge in [0.1, 0.15) is 0 Å². The maximum atomic E-state index is 13.0. The standard InChI is InChI=1S/C18H22N4O4.ClH/c1-2-19-11-12-5-7-21(8-6-12)18(24)15-10-17(23)20-16-4-3-13(22(25)26)9-14(15)16;/h3-4,9-10,12,19H,2,5-8,11H2,1H3,(H,20,23);1H. The Morgan fingerprint density at radius 1 is 1.33 bits per heavy atom. The number of amides is 1. The number of aromatic nitrogens is 1. The highest BCUT2D eigenvalue weighted by Crippen LogP contribution is 2.24. The van der Waals surface area contributed by atoms with E-state index in [2.05, 4.69) is 17.2 Å². The lowest BCUT2D eigenvalue weighted by atomic mass is 9.96. The first-order valence-corrected chi connectivity index (χ1v) is 8.81. The van der Waals surface area contributed by atoms with Crippen molar-refractivity contribution in [3.05, 3.63) is 50.3 Å². The Morgan fingerprint density at radius 2 is 2.04 bits per heavy atom. The summed E-state index contributed by atoms with van der Waals surface area (Å²) in [5, 5.41) is 14.8. The number of hydrogen-bond donors (Lipinski definition) is 2. The number of nitrogens with one attached hydrogen (secondary N) is 2. The topological polar surface area (TPSA) is 108 Å². The summed E-state index contributed by atoms with van der Waals surface area (Å²) in [5.74, 6) is 0.291. The van der Waals surface area contributed by atoms with E-state index in [0.29, 0.717) is 29.9 Å². The zero-order valence-corrected chi connectivity index (χ0v) is 15.9. The Kier molecular flexibility index (Phi) is 6.92. The second kappa shape index (κ2) is 8.96. The molecule has 9 heteroatoms. The summed E-state index contributed by atoms with van der Waals surface area (Å²) in [5.41, 5.74) is 0.144. The predicted molar refractivity (Wildman–Crippen MR) is 106 cm³/mol. The van der Waals surface area contributed by atoms with E-state index >= 15 is 0 Å². The molecule has 1 aromatic heterocycles. The van der Waals surface area contributed by atoms with Crippen LogP contribution in [0, 0.1) is 16.0 Å². The molecular weight excluding hydrogens is 372 g/mol. The first-order chi connectivity index (χ1) is 12.5. The molecule has 0 saturated carbocycles. The third-order valence-corrected chi connectivity index (χ3v) is 4.85. The van der Waals surface area contributed by atoms with E-state index in [9.17, 15) is 19.7 Å². The van der Waals surface area contributed by atoms with Crippen LogP contribution in [0.2, 0.25) is 0 Å². The fraction of sp³-hybridized carbons (Fsp3) is 0.444. The largest absolute Gasteiger partial charge is 0.339 e. The van der Waals surface area contributed by atoms with Crippen LogP contribution in [0.1, 0.15) is 30.1 Å². The number of hydrogen-bond acceptors (Lipinski definition) is 5. The molecule has 2 N–H and O–H groups in total. The van der Waals surface area contributed by atoms with Crippen LogP contribution in [0.5, 0.6) is 0 Å². The quantitative estimate of drug-likeness (QED) is 0.597. The van der Waals surface area contributed by atoms with Crippen molar-refractivity contribution in [3.8, 4) is 0 Å². The number of benzene rings is 1. The third kappa shape index (κ3) is 4.64. The van der Waals surface area contributed by atoms with Gasteiger partial charge in [-0.05, 0) is 37.9 Å². The van der Waals surface area contributed by atoms with Crippen LogP contribution in [0.3, 0.4) is 0 Å². The molecule has 2 heterocycles. The fourth-order valence-electron chi connectivity index (χ4n) is 3.39. The summed E-state index contributed by atoms with van der Waals surface area (Å²) in [4.78, 5) is 39.8. The number of halogens is 1. The molecule has 1 aromatic carbocycles. The monoisotopic (exact) mass is 394 g/mol. The smallest absolute Gasteiger partial charge is 0.270 e. The van der Waals surface area contributed by atoms with Crippen molar-refractivity contribution >= 4 is 34.9 Å². The number of rotatable bonds is 5. The van der Waals surface area contributed by atoms with Gasteiger partial charge in [0.2, 0.25) is 5.56 Å². The minimum absolute atomic E-state index is 0. The van der Waals surface area contributed by atoms with E-state index in [1.165, 1.54) is 24.3 Å². The first-order valence-electron chi connectivity index (χ1n) is 8.81. The Bertz CT molecular complexity index is 891. The van der Waals surface area contributed by atoms with E-state index in [1.807, 2.05) is 0 Å². The number of nitrogens with zero attached hydrogens (tertiary/aromatic N) is 2. The van der Waals surface area contributed by atoms with Gasteiger partial charge < -0.3 is 15.2 Å². The first kappa shape index (κ1) is 20.9. The Morgan fingerprint density at radius 3 is 2.67 bits per heavy atom. The number of non-ortho nitro benzene ring substituents is 1. The summed E-state index contributed by atoms with van der Waals surface area (Å²) in [6.07, 6.45) is 1.81. The number of nitro groups is 1. The normalized spacial score (nSPS) is 14.8. The van der Waals surface area contributed by atoms with Gasteiger partial charge in [-0.3, -0.25) is 19.7 Å². The minimum Gasteiger partial charge on any atom is -0.339 e. The van der Waals surface area contributed by atoms with Crippen LogP contribution in [-0.4, -0.2) is 46.9 Å². The van der Waals surface area contributed by atoms with E-state index < -0.39 is 10.5 Å². The summed E-state index contributed by atoms with van der Waals surface area (Å²) in [6.45, 7) is 5.18. The Hall–Kier alpha value is -2.45. The van der Waals surface area contributed by atoms with Crippen LogP contribution in [0.4, 0.5) is 5.69 Å². The molecule has 0 atom stereocenters. The maximum absolute atomic E-state index is 13.0. The number of aromatic amines is 1. The number of fused-ring (bicyclic) bond motifs is 1. The summed E-state index contributed by atoms with van der Waals surface area (Å²) in [6, 6.07) is 5.36. The van der Waals surface area contributed by atoms with Gasteiger partial charge in [-0.2, -0.15) is 0 Å². The van der Waals surface area contributed by atoms with Gasteiger partial charge in [-0.15, -0.1) is 12.4 Å². The molecule has 0 aliphatic carbocycles. The molecule has 0 bridgehead atoms. The number of piperidine rings is 1. The van der Waals surface area contributed by atoms with Crippen molar-refractivity contribution < 1.29 is 9.72 Å². The molecule has 3 rings (SSSR count). The van der Waals surface area contributed by atoms with Gasteiger partial charge in [0.25, 0.3) is 11.6 Å². The Labute approximate surface area is 162 Å². The molecule has 1 aliphatic rings. The summed E-state index contributed by atoms with van der Waals surface area (Å²) in [7, 11) is 0. The average Bonchev–Trinajstić information content (AvgIpc) is 2.65. The second-order valence-electron chi connectivity index (χ2n) is 6.58. The van der Waals surface area contributed by atoms with Crippen molar-refractivity contribution in [3.63, 3.8) is 0 Å². The highest BCUT2D eigenvalue weighted by atomic mass is 35.5. The number of carbonyl (C=O) groups is 1. The molecule has 146 valence electrons. The van der Waals surface area contributed by atoms with Crippen LogP contribution in [0.25, 0.3) is 10.9 Å². The molecule has 0 radical (unpaired) electrons. The van der Waals surface area contributed by atoms with Gasteiger partial charge in [-0.25, -0.2) is 0 Å². The maximum Gasteiger partial charge on any atom is 0.270 e. The molecule has 27 heavy (non-hydrogen) atoms.